The van der Waals surface area contributed by atoms with E-state index in [0.717, 1.165) is 0 Å². The molecule has 0 fully saturated rings. The molecule has 1 aromatic heterocycles. The van der Waals surface area contributed by atoms with Gasteiger partial charge in [-0.1, -0.05) is 18.2 Å². The SMILES string of the molecule is COc1cccc(/C=C/C(=O)NCc2cccnc2OCC(F)(F)F)c1OC. The lowest BCUT2D eigenvalue weighted by molar-refractivity contribution is -0.154. The molecule has 1 heterocycles. The normalized spacial score (nSPS) is 11.3. The highest BCUT2D eigenvalue weighted by atomic mass is 19.4. The number of halogens is 3. The minimum Gasteiger partial charge on any atom is -0.493 e. The number of hydrogen-bond acceptors (Lipinski definition) is 5. The number of hydrogen-bond donors (Lipinski definition) is 1. The van der Waals surface area contributed by atoms with Crippen molar-refractivity contribution in [3.8, 4) is 17.4 Å². The Morgan fingerprint density at radius 1 is 1.18 bits per heavy atom. The van der Waals surface area contributed by atoms with E-state index in [1.165, 1.54) is 32.6 Å². The molecular weight excluding hydrogens is 377 g/mol. The van der Waals surface area contributed by atoms with Gasteiger partial charge in [0, 0.05) is 29.9 Å². The molecule has 1 amide bonds. The molecule has 2 rings (SSSR count). The maximum atomic E-state index is 12.3. The summed E-state index contributed by atoms with van der Waals surface area (Å²) in [5, 5.41) is 2.57. The number of nitrogens with zero attached hydrogens (tertiary/aromatic N) is 1. The number of methoxy groups -OCH3 is 2. The number of aromatic nitrogens is 1. The summed E-state index contributed by atoms with van der Waals surface area (Å²) in [5.41, 5.74) is 0.958. The van der Waals surface area contributed by atoms with Crippen LogP contribution in [-0.4, -0.2) is 37.9 Å². The Morgan fingerprint density at radius 3 is 2.64 bits per heavy atom. The standard InChI is InChI=1S/C19H19F3N2O4/c1-26-15-7-3-5-13(17(15)27-2)8-9-16(25)24-11-14-6-4-10-23-18(14)28-12-19(20,21)22/h3-10H,11-12H2,1-2H3,(H,24,25)/b9-8+. The predicted molar refractivity (Wildman–Crippen MR) is 96.2 cm³/mol. The van der Waals surface area contributed by atoms with Crippen LogP contribution in [0, 0.1) is 0 Å². The summed E-state index contributed by atoms with van der Waals surface area (Å²) in [6.45, 7) is -1.50. The Balaban J connectivity index is 2.01. The van der Waals surface area contributed by atoms with Gasteiger partial charge in [0.25, 0.3) is 0 Å². The third-order valence-corrected chi connectivity index (χ3v) is 3.52. The third kappa shape index (κ3) is 6.19. The summed E-state index contributed by atoms with van der Waals surface area (Å²) < 4.78 is 52.1. The summed E-state index contributed by atoms with van der Waals surface area (Å²) in [5.74, 6) is 0.366. The van der Waals surface area contributed by atoms with Gasteiger partial charge in [0.05, 0.1) is 14.2 Å². The van der Waals surface area contributed by atoms with E-state index in [1.54, 1.807) is 30.3 Å². The second kappa shape index (κ2) is 9.63. The topological polar surface area (TPSA) is 69.7 Å². The summed E-state index contributed by atoms with van der Waals surface area (Å²) in [4.78, 5) is 15.8. The molecule has 0 unspecified atom stereocenters. The van der Waals surface area contributed by atoms with Gasteiger partial charge in [0.15, 0.2) is 18.1 Å². The number of amides is 1. The van der Waals surface area contributed by atoms with Crippen LogP contribution in [0.5, 0.6) is 17.4 Å². The smallest absolute Gasteiger partial charge is 0.422 e. The van der Waals surface area contributed by atoms with E-state index in [4.69, 9.17) is 9.47 Å². The number of ether oxygens (including phenoxy) is 3. The minimum absolute atomic E-state index is 0.0422. The lowest BCUT2D eigenvalue weighted by atomic mass is 10.1. The van der Waals surface area contributed by atoms with Gasteiger partial charge >= 0.3 is 6.18 Å². The zero-order valence-corrected chi connectivity index (χ0v) is 15.2. The number of benzene rings is 1. The quantitative estimate of drug-likeness (QED) is 0.693. The maximum absolute atomic E-state index is 12.3. The molecule has 0 saturated carbocycles. The van der Waals surface area contributed by atoms with Gasteiger partial charge in [-0.2, -0.15) is 13.2 Å². The van der Waals surface area contributed by atoms with Gasteiger partial charge in [-0.25, -0.2) is 4.98 Å². The van der Waals surface area contributed by atoms with E-state index in [9.17, 15) is 18.0 Å². The first kappa shape index (κ1) is 21.1. The average Bonchev–Trinajstić information content (AvgIpc) is 2.68. The van der Waals surface area contributed by atoms with E-state index in [-0.39, 0.29) is 12.4 Å². The van der Waals surface area contributed by atoms with Crippen LogP contribution < -0.4 is 19.5 Å². The van der Waals surface area contributed by atoms with Crippen molar-refractivity contribution in [3.05, 3.63) is 53.7 Å². The molecule has 28 heavy (non-hydrogen) atoms. The average molecular weight is 396 g/mol. The van der Waals surface area contributed by atoms with E-state index >= 15 is 0 Å². The molecular formula is C19H19F3N2O4. The molecule has 6 nitrogen and oxygen atoms in total. The van der Waals surface area contributed by atoms with Crippen molar-refractivity contribution in [3.63, 3.8) is 0 Å². The van der Waals surface area contributed by atoms with Gasteiger partial charge in [-0.15, -0.1) is 0 Å². The summed E-state index contributed by atoms with van der Waals surface area (Å²) in [7, 11) is 2.99. The fraction of sp³-hybridized carbons (Fsp3) is 0.263. The fourth-order valence-electron chi connectivity index (χ4n) is 2.29. The van der Waals surface area contributed by atoms with E-state index in [0.29, 0.717) is 22.6 Å². The number of nitrogens with one attached hydrogen (secondary N) is 1. The van der Waals surface area contributed by atoms with Crippen molar-refractivity contribution in [2.75, 3.05) is 20.8 Å². The number of alkyl halides is 3. The molecule has 0 aliphatic heterocycles. The predicted octanol–water partition coefficient (Wildman–Crippen LogP) is 3.37. The molecule has 1 N–H and O–H groups in total. The highest BCUT2D eigenvalue weighted by Gasteiger charge is 2.29. The van der Waals surface area contributed by atoms with Crippen LogP contribution in [0.2, 0.25) is 0 Å². The van der Waals surface area contributed by atoms with Crippen molar-refractivity contribution >= 4 is 12.0 Å². The lowest BCUT2D eigenvalue weighted by Gasteiger charge is -2.12. The molecule has 9 heteroatoms. The molecule has 0 aliphatic carbocycles. The Labute approximate surface area is 159 Å². The molecule has 0 atom stereocenters. The Hall–Kier alpha value is -3.23. The first-order chi connectivity index (χ1) is 13.3. The van der Waals surface area contributed by atoms with Crippen molar-refractivity contribution in [2.45, 2.75) is 12.7 Å². The second-order valence-electron chi connectivity index (χ2n) is 5.51. The Morgan fingerprint density at radius 2 is 1.96 bits per heavy atom. The van der Waals surface area contributed by atoms with Gasteiger partial charge in [0.2, 0.25) is 11.8 Å². The van der Waals surface area contributed by atoms with E-state index in [1.807, 2.05) is 0 Å². The molecule has 0 bridgehead atoms. The largest absolute Gasteiger partial charge is 0.493 e. The fourth-order valence-corrected chi connectivity index (χ4v) is 2.29. The highest BCUT2D eigenvalue weighted by Crippen LogP contribution is 2.31. The first-order valence-electron chi connectivity index (χ1n) is 8.14. The number of para-hydroxylation sites is 1. The minimum atomic E-state index is -4.48. The Kier molecular flexibility index (Phi) is 7.25. The molecule has 0 spiro atoms. The van der Waals surface area contributed by atoms with Gasteiger partial charge < -0.3 is 19.5 Å². The van der Waals surface area contributed by atoms with E-state index in [2.05, 4.69) is 15.0 Å². The Bertz CT molecular complexity index is 838. The first-order valence-corrected chi connectivity index (χ1v) is 8.14. The molecule has 0 aliphatic rings. The molecule has 150 valence electrons. The third-order valence-electron chi connectivity index (χ3n) is 3.52. The van der Waals surface area contributed by atoms with Crippen LogP contribution in [0.4, 0.5) is 13.2 Å². The zero-order chi connectivity index (χ0) is 20.6. The number of rotatable bonds is 8. The van der Waals surface area contributed by atoms with Gasteiger partial charge in [-0.05, 0) is 18.2 Å². The summed E-state index contributed by atoms with van der Waals surface area (Å²) in [6, 6.07) is 8.28. The number of carbonyl (C=O) groups is 1. The van der Waals surface area contributed by atoms with Crippen molar-refractivity contribution in [1.82, 2.24) is 10.3 Å². The maximum Gasteiger partial charge on any atom is 0.422 e. The lowest BCUT2D eigenvalue weighted by Crippen LogP contribution is -2.23. The van der Waals surface area contributed by atoms with Crippen LogP contribution in [-0.2, 0) is 11.3 Å². The van der Waals surface area contributed by atoms with Gasteiger partial charge in [0.1, 0.15) is 0 Å². The van der Waals surface area contributed by atoms with Crippen molar-refractivity contribution < 1.29 is 32.2 Å². The monoisotopic (exact) mass is 396 g/mol. The van der Waals surface area contributed by atoms with Crippen LogP contribution in [0.3, 0.4) is 0 Å². The van der Waals surface area contributed by atoms with Crippen LogP contribution >= 0.6 is 0 Å². The number of pyridine rings is 1. The summed E-state index contributed by atoms with van der Waals surface area (Å²) in [6.07, 6.45) is -0.340. The number of carbonyl (C=O) groups excluding carboxylic acids is 1. The van der Waals surface area contributed by atoms with Crippen LogP contribution in [0.25, 0.3) is 6.08 Å². The van der Waals surface area contributed by atoms with Crippen molar-refractivity contribution in [1.29, 1.82) is 0 Å². The highest BCUT2D eigenvalue weighted by molar-refractivity contribution is 5.92. The molecule has 0 radical (unpaired) electrons. The molecule has 2 aromatic rings. The molecule has 1 aromatic carbocycles. The van der Waals surface area contributed by atoms with Crippen LogP contribution in [0.15, 0.2) is 42.6 Å². The van der Waals surface area contributed by atoms with Crippen molar-refractivity contribution in [2.24, 2.45) is 0 Å². The summed E-state index contributed by atoms with van der Waals surface area (Å²) >= 11 is 0. The van der Waals surface area contributed by atoms with Gasteiger partial charge in [-0.3, -0.25) is 4.79 Å². The second-order valence-corrected chi connectivity index (χ2v) is 5.51. The zero-order valence-electron chi connectivity index (χ0n) is 15.2. The van der Waals surface area contributed by atoms with Crippen LogP contribution in [0.1, 0.15) is 11.1 Å². The molecule has 0 saturated heterocycles. The van der Waals surface area contributed by atoms with E-state index < -0.39 is 18.7 Å².